The lowest BCUT2D eigenvalue weighted by Gasteiger charge is -2.29. The molecule has 86 valence electrons. The summed E-state index contributed by atoms with van der Waals surface area (Å²) in [4.78, 5) is 6.75. The number of rotatable bonds is 3. The second kappa shape index (κ2) is 5.32. The van der Waals surface area contributed by atoms with Crippen LogP contribution >= 0.6 is 0 Å². The largest absolute Gasteiger partial charge is 0.379 e. The Morgan fingerprint density at radius 1 is 1.53 bits per heavy atom. The minimum atomic E-state index is 0.437. The van der Waals surface area contributed by atoms with Crippen LogP contribution in [0.4, 0.5) is 0 Å². The van der Waals surface area contributed by atoms with Gasteiger partial charge in [-0.3, -0.25) is 9.89 Å². The van der Waals surface area contributed by atoms with Crippen molar-refractivity contribution in [3.8, 4) is 0 Å². The molecule has 0 aromatic carbocycles. The number of aliphatic imine (C=N–C) groups is 1. The number of nitrogens with zero attached hydrogens (tertiary/aromatic N) is 2. The zero-order valence-corrected chi connectivity index (χ0v) is 9.33. The molecule has 0 bridgehead atoms. The molecule has 0 amide bonds. The molecular formula is C10H20N4O. The van der Waals surface area contributed by atoms with Gasteiger partial charge in [0.2, 0.25) is 0 Å². The summed E-state index contributed by atoms with van der Waals surface area (Å²) in [6.45, 7) is 8.94. The van der Waals surface area contributed by atoms with Crippen molar-refractivity contribution < 1.29 is 4.74 Å². The van der Waals surface area contributed by atoms with Crippen molar-refractivity contribution in [1.29, 1.82) is 0 Å². The van der Waals surface area contributed by atoms with E-state index in [0.717, 1.165) is 51.9 Å². The normalized spacial score (nSPS) is 24.5. The minimum absolute atomic E-state index is 0.437. The van der Waals surface area contributed by atoms with Gasteiger partial charge in [-0.1, -0.05) is 0 Å². The van der Waals surface area contributed by atoms with Crippen LogP contribution in [0.3, 0.4) is 0 Å². The second-order valence-corrected chi connectivity index (χ2v) is 4.12. The maximum Gasteiger partial charge on any atom is 0.191 e. The molecule has 5 nitrogen and oxygen atoms in total. The summed E-state index contributed by atoms with van der Waals surface area (Å²) < 4.78 is 5.32. The fourth-order valence-electron chi connectivity index (χ4n) is 1.94. The SMILES string of the molecule is CC(CN1CCOCC1)NC1=NCCN1. The van der Waals surface area contributed by atoms with Gasteiger partial charge in [0.05, 0.1) is 19.8 Å². The number of nitrogens with one attached hydrogen (secondary N) is 2. The van der Waals surface area contributed by atoms with E-state index in [2.05, 4.69) is 27.4 Å². The highest BCUT2D eigenvalue weighted by molar-refractivity contribution is 5.81. The van der Waals surface area contributed by atoms with Crippen molar-refractivity contribution in [1.82, 2.24) is 15.5 Å². The van der Waals surface area contributed by atoms with Crippen LogP contribution in [-0.2, 0) is 4.74 Å². The molecule has 1 atom stereocenters. The molecule has 5 heteroatoms. The maximum atomic E-state index is 5.32. The van der Waals surface area contributed by atoms with Gasteiger partial charge >= 0.3 is 0 Å². The first-order chi connectivity index (χ1) is 7.34. The Morgan fingerprint density at radius 2 is 2.33 bits per heavy atom. The molecular weight excluding hydrogens is 192 g/mol. The highest BCUT2D eigenvalue weighted by Gasteiger charge is 2.15. The zero-order valence-electron chi connectivity index (χ0n) is 9.33. The predicted octanol–water partition coefficient (Wildman–Crippen LogP) is -0.744. The molecule has 0 spiro atoms. The summed E-state index contributed by atoms with van der Waals surface area (Å²) in [5.41, 5.74) is 0. The van der Waals surface area contributed by atoms with Crippen LogP contribution in [0.5, 0.6) is 0 Å². The third-order valence-electron chi connectivity index (χ3n) is 2.69. The van der Waals surface area contributed by atoms with Gasteiger partial charge in [0.1, 0.15) is 0 Å². The first-order valence-corrected chi connectivity index (χ1v) is 5.69. The fraction of sp³-hybridized carbons (Fsp3) is 0.900. The van der Waals surface area contributed by atoms with E-state index in [-0.39, 0.29) is 0 Å². The summed E-state index contributed by atoms with van der Waals surface area (Å²) in [6.07, 6.45) is 0. The quantitative estimate of drug-likeness (QED) is 0.647. The molecule has 2 heterocycles. The molecule has 1 fully saturated rings. The van der Waals surface area contributed by atoms with Crippen LogP contribution in [0.15, 0.2) is 4.99 Å². The van der Waals surface area contributed by atoms with E-state index in [4.69, 9.17) is 4.74 Å². The van der Waals surface area contributed by atoms with E-state index >= 15 is 0 Å². The molecule has 2 rings (SSSR count). The number of morpholine rings is 1. The molecule has 2 N–H and O–H groups in total. The topological polar surface area (TPSA) is 48.9 Å². The van der Waals surface area contributed by atoms with Crippen LogP contribution in [0.2, 0.25) is 0 Å². The van der Waals surface area contributed by atoms with E-state index in [0.29, 0.717) is 6.04 Å². The molecule has 1 unspecified atom stereocenters. The van der Waals surface area contributed by atoms with Crippen molar-refractivity contribution >= 4 is 5.96 Å². The van der Waals surface area contributed by atoms with Crippen LogP contribution in [0, 0.1) is 0 Å². The van der Waals surface area contributed by atoms with Crippen molar-refractivity contribution in [3.05, 3.63) is 0 Å². The predicted molar refractivity (Wildman–Crippen MR) is 60.2 cm³/mol. The lowest BCUT2D eigenvalue weighted by atomic mass is 10.3. The molecule has 1 saturated heterocycles. The summed E-state index contributed by atoms with van der Waals surface area (Å²) in [7, 11) is 0. The Morgan fingerprint density at radius 3 is 3.00 bits per heavy atom. The average Bonchev–Trinajstić information content (AvgIpc) is 2.71. The van der Waals surface area contributed by atoms with Crippen molar-refractivity contribution in [2.45, 2.75) is 13.0 Å². The summed E-state index contributed by atoms with van der Waals surface area (Å²) in [5, 5.41) is 6.60. The van der Waals surface area contributed by atoms with Gasteiger partial charge in [0.15, 0.2) is 5.96 Å². The molecule has 0 saturated carbocycles. The van der Waals surface area contributed by atoms with Crippen LogP contribution in [0.25, 0.3) is 0 Å². The smallest absolute Gasteiger partial charge is 0.191 e. The molecule has 0 radical (unpaired) electrons. The molecule has 0 aliphatic carbocycles. The van der Waals surface area contributed by atoms with Gasteiger partial charge in [-0.25, -0.2) is 0 Å². The molecule has 15 heavy (non-hydrogen) atoms. The maximum absolute atomic E-state index is 5.32. The fourth-order valence-corrected chi connectivity index (χ4v) is 1.94. The van der Waals surface area contributed by atoms with Crippen LogP contribution < -0.4 is 10.6 Å². The molecule has 0 aromatic heterocycles. The van der Waals surface area contributed by atoms with Gasteiger partial charge in [0, 0.05) is 32.2 Å². The number of hydrogen-bond donors (Lipinski definition) is 2. The lowest BCUT2D eigenvalue weighted by molar-refractivity contribution is 0.0352. The number of hydrogen-bond acceptors (Lipinski definition) is 5. The monoisotopic (exact) mass is 212 g/mol. The van der Waals surface area contributed by atoms with Crippen LogP contribution in [-0.4, -0.2) is 62.8 Å². The Kier molecular flexibility index (Phi) is 3.80. The summed E-state index contributed by atoms with van der Waals surface area (Å²) in [6, 6.07) is 0.437. The number of guanidine groups is 1. The van der Waals surface area contributed by atoms with Crippen molar-refractivity contribution in [3.63, 3.8) is 0 Å². The molecule has 2 aliphatic heterocycles. The van der Waals surface area contributed by atoms with Crippen molar-refractivity contribution in [2.24, 2.45) is 4.99 Å². The Labute approximate surface area is 90.9 Å². The van der Waals surface area contributed by atoms with Gasteiger partial charge in [-0.2, -0.15) is 0 Å². The standard InChI is InChI=1S/C10H20N4O/c1-9(13-10-11-2-3-12-10)8-14-4-6-15-7-5-14/h9H,2-8H2,1H3,(H2,11,12,13). The van der Waals surface area contributed by atoms with E-state index in [1.165, 1.54) is 0 Å². The Balaban J connectivity index is 1.68. The third kappa shape index (κ3) is 3.35. The van der Waals surface area contributed by atoms with Gasteiger partial charge in [0.25, 0.3) is 0 Å². The lowest BCUT2D eigenvalue weighted by Crippen LogP contribution is -2.48. The van der Waals surface area contributed by atoms with E-state index in [1.54, 1.807) is 0 Å². The summed E-state index contributed by atoms with van der Waals surface area (Å²) >= 11 is 0. The second-order valence-electron chi connectivity index (χ2n) is 4.12. The third-order valence-corrected chi connectivity index (χ3v) is 2.69. The first-order valence-electron chi connectivity index (χ1n) is 5.69. The summed E-state index contributed by atoms with van der Waals surface area (Å²) in [5.74, 6) is 0.954. The highest BCUT2D eigenvalue weighted by Crippen LogP contribution is 1.98. The van der Waals surface area contributed by atoms with Gasteiger partial charge < -0.3 is 15.4 Å². The average molecular weight is 212 g/mol. The van der Waals surface area contributed by atoms with Crippen molar-refractivity contribution in [2.75, 3.05) is 45.9 Å². The highest BCUT2D eigenvalue weighted by atomic mass is 16.5. The number of ether oxygens (including phenoxy) is 1. The Bertz CT molecular complexity index is 225. The van der Waals surface area contributed by atoms with E-state index in [9.17, 15) is 0 Å². The molecule has 0 aromatic rings. The van der Waals surface area contributed by atoms with E-state index in [1.807, 2.05) is 0 Å². The first kappa shape index (κ1) is 10.7. The van der Waals surface area contributed by atoms with Crippen LogP contribution in [0.1, 0.15) is 6.92 Å². The molecule has 2 aliphatic rings. The van der Waals surface area contributed by atoms with Gasteiger partial charge in [-0.05, 0) is 6.92 Å². The zero-order chi connectivity index (χ0) is 10.5. The minimum Gasteiger partial charge on any atom is -0.379 e. The van der Waals surface area contributed by atoms with Gasteiger partial charge in [-0.15, -0.1) is 0 Å². The van der Waals surface area contributed by atoms with E-state index < -0.39 is 0 Å². The Hall–Kier alpha value is -0.810.